The molecule has 0 aromatic carbocycles. The fraction of sp³-hybridized carbons (Fsp3) is 1.00. The van der Waals surface area contributed by atoms with Crippen molar-refractivity contribution < 1.29 is 5.11 Å². The number of rotatable bonds is 3. The smallest absolute Gasteiger partial charge is 0.0319 e. The molecule has 13 heavy (non-hydrogen) atoms. The lowest BCUT2D eigenvalue weighted by atomic mass is 10.1. The Kier molecular flexibility index (Phi) is 8.40. The summed E-state index contributed by atoms with van der Waals surface area (Å²) in [5.74, 6) is 0. The zero-order valence-corrected chi connectivity index (χ0v) is 9.21. The van der Waals surface area contributed by atoms with Crippen LogP contribution in [0.5, 0.6) is 0 Å². The molecule has 1 saturated heterocycles. The van der Waals surface area contributed by atoms with Crippen LogP contribution in [0.2, 0.25) is 0 Å². The zero-order valence-electron chi connectivity index (χ0n) is 9.21. The Morgan fingerprint density at radius 3 is 2.00 bits per heavy atom. The van der Waals surface area contributed by atoms with Gasteiger partial charge in [-0.2, -0.15) is 0 Å². The fourth-order valence-corrected chi connectivity index (χ4v) is 1.91. The molecule has 80 valence electrons. The van der Waals surface area contributed by atoms with Crippen molar-refractivity contribution in [2.24, 2.45) is 0 Å². The Morgan fingerprint density at radius 1 is 1.15 bits per heavy atom. The average Bonchev–Trinajstić information content (AvgIpc) is 2.24. The Balaban J connectivity index is 0.000000671. The van der Waals surface area contributed by atoms with E-state index in [0.717, 1.165) is 13.2 Å². The first-order chi connectivity index (χ1) is 6.38. The molecule has 3 nitrogen and oxygen atoms in total. The molecule has 0 amide bonds. The third-order valence-corrected chi connectivity index (χ3v) is 2.64. The van der Waals surface area contributed by atoms with E-state index >= 15 is 0 Å². The van der Waals surface area contributed by atoms with E-state index in [0.29, 0.717) is 0 Å². The molecule has 0 atom stereocenters. The van der Waals surface area contributed by atoms with E-state index in [4.69, 9.17) is 5.11 Å². The van der Waals surface area contributed by atoms with Crippen LogP contribution in [0.25, 0.3) is 0 Å². The standard InChI is InChI=1S/C9H20N2.CH4O/c1-3-11(4-2)9-5-7-10-8-6-9;1-2/h9-10H,3-8H2,1-2H3;2H,1H3. The fourth-order valence-electron chi connectivity index (χ4n) is 1.91. The highest BCUT2D eigenvalue weighted by Gasteiger charge is 2.17. The maximum Gasteiger partial charge on any atom is 0.0319 e. The summed E-state index contributed by atoms with van der Waals surface area (Å²) in [5, 5.41) is 10.4. The summed E-state index contributed by atoms with van der Waals surface area (Å²) < 4.78 is 0. The Bertz CT molecular complexity index is 99.1. The van der Waals surface area contributed by atoms with E-state index in [2.05, 4.69) is 24.1 Å². The van der Waals surface area contributed by atoms with Crippen LogP contribution in [0.1, 0.15) is 26.7 Å². The lowest BCUT2D eigenvalue weighted by Crippen LogP contribution is -2.42. The van der Waals surface area contributed by atoms with Gasteiger partial charge in [-0.3, -0.25) is 0 Å². The second-order valence-corrected chi connectivity index (χ2v) is 3.20. The van der Waals surface area contributed by atoms with Crippen LogP contribution in [0.4, 0.5) is 0 Å². The summed E-state index contributed by atoms with van der Waals surface area (Å²) in [7, 11) is 1.00. The highest BCUT2D eigenvalue weighted by molar-refractivity contribution is 4.76. The lowest BCUT2D eigenvalue weighted by Gasteiger charge is -2.32. The molecular weight excluding hydrogens is 164 g/mol. The predicted octanol–water partition coefficient (Wildman–Crippen LogP) is 0.689. The van der Waals surface area contributed by atoms with Crippen molar-refractivity contribution in [3.63, 3.8) is 0 Å². The number of hydrogen-bond donors (Lipinski definition) is 2. The minimum absolute atomic E-state index is 0.853. The highest BCUT2D eigenvalue weighted by Crippen LogP contribution is 2.10. The van der Waals surface area contributed by atoms with Crippen LogP contribution in [-0.2, 0) is 0 Å². The third kappa shape index (κ3) is 4.60. The van der Waals surface area contributed by atoms with Crippen LogP contribution in [-0.4, -0.2) is 49.3 Å². The number of nitrogens with one attached hydrogen (secondary N) is 1. The first-order valence-corrected chi connectivity index (χ1v) is 5.28. The Labute approximate surface area is 82.1 Å². The molecular formula is C10H24N2O. The van der Waals surface area contributed by atoms with Crippen molar-refractivity contribution in [2.75, 3.05) is 33.3 Å². The molecule has 0 spiro atoms. The molecule has 1 aliphatic rings. The van der Waals surface area contributed by atoms with E-state index in [1.807, 2.05) is 0 Å². The summed E-state index contributed by atoms with van der Waals surface area (Å²) >= 11 is 0. The molecule has 1 heterocycles. The molecule has 1 fully saturated rings. The van der Waals surface area contributed by atoms with Gasteiger partial charge in [-0.25, -0.2) is 0 Å². The topological polar surface area (TPSA) is 35.5 Å². The van der Waals surface area contributed by atoms with Crippen molar-refractivity contribution in [3.8, 4) is 0 Å². The van der Waals surface area contributed by atoms with Gasteiger partial charge in [0.1, 0.15) is 0 Å². The molecule has 0 aliphatic carbocycles. The molecule has 0 aromatic heterocycles. The first kappa shape index (κ1) is 12.9. The Hall–Kier alpha value is -0.120. The number of piperidine rings is 1. The summed E-state index contributed by atoms with van der Waals surface area (Å²) in [4.78, 5) is 2.57. The number of nitrogens with zero attached hydrogens (tertiary/aromatic N) is 1. The summed E-state index contributed by atoms with van der Waals surface area (Å²) in [6.45, 7) is 9.35. The van der Waals surface area contributed by atoms with Crippen LogP contribution < -0.4 is 5.32 Å². The van der Waals surface area contributed by atoms with Crippen molar-refractivity contribution in [3.05, 3.63) is 0 Å². The molecule has 2 N–H and O–H groups in total. The summed E-state index contributed by atoms with van der Waals surface area (Å²) in [6.07, 6.45) is 2.67. The molecule has 0 saturated carbocycles. The SMILES string of the molecule is CCN(CC)C1CCNCC1.CO. The molecule has 0 unspecified atom stereocenters. The van der Waals surface area contributed by atoms with Crippen molar-refractivity contribution in [1.82, 2.24) is 10.2 Å². The highest BCUT2D eigenvalue weighted by atomic mass is 16.2. The van der Waals surface area contributed by atoms with Gasteiger partial charge in [0.05, 0.1) is 0 Å². The lowest BCUT2D eigenvalue weighted by molar-refractivity contribution is 0.178. The van der Waals surface area contributed by atoms with Gasteiger partial charge >= 0.3 is 0 Å². The van der Waals surface area contributed by atoms with E-state index < -0.39 is 0 Å². The van der Waals surface area contributed by atoms with Gasteiger partial charge in [0.2, 0.25) is 0 Å². The second kappa shape index (κ2) is 8.48. The van der Waals surface area contributed by atoms with Crippen LogP contribution in [0, 0.1) is 0 Å². The largest absolute Gasteiger partial charge is 0.400 e. The third-order valence-electron chi connectivity index (χ3n) is 2.64. The maximum atomic E-state index is 7.00. The van der Waals surface area contributed by atoms with E-state index in [1.165, 1.54) is 39.0 Å². The number of hydrogen-bond acceptors (Lipinski definition) is 3. The molecule has 0 bridgehead atoms. The summed E-state index contributed by atoms with van der Waals surface area (Å²) in [6, 6.07) is 0.853. The van der Waals surface area contributed by atoms with E-state index in [-0.39, 0.29) is 0 Å². The summed E-state index contributed by atoms with van der Waals surface area (Å²) in [5.41, 5.74) is 0. The van der Waals surface area contributed by atoms with Gasteiger partial charge in [0.25, 0.3) is 0 Å². The van der Waals surface area contributed by atoms with Crippen LogP contribution >= 0.6 is 0 Å². The molecule has 3 heteroatoms. The van der Waals surface area contributed by atoms with Gasteiger partial charge < -0.3 is 15.3 Å². The minimum atomic E-state index is 0.853. The quantitative estimate of drug-likeness (QED) is 0.684. The number of aliphatic hydroxyl groups is 1. The first-order valence-electron chi connectivity index (χ1n) is 5.28. The monoisotopic (exact) mass is 188 g/mol. The predicted molar refractivity (Wildman–Crippen MR) is 57.0 cm³/mol. The van der Waals surface area contributed by atoms with Gasteiger partial charge in [0.15, 0.2) is 0 Å². The second-order valence-electron chi connectivity index (χ2n) is 3.20. The maximum absolute atomic E-state index is 7.00. The van der Waals surface area contributed by atoms with Gasteiger partial charge in [0, 0.05) is 13.2 Å². The van der Waals surface area contributed by atoms with E-state index in [1.54, 1.807) is 0 Å². The zero-order chi connectivity index (χ0) is 10.1. The number of aliphatic hydroxyl groups excluding tert-OH is 1. The normalized spacial score (nSPS) is 18.2. The van der Waals surface area contributed by atoms with E-state index in [9.17, 15) is 0 Å². The van der Waals surface area contributed by atoms with Gasteiger partial charge in [-0.05, 0) is 39.0 Å². The molecule has 1 rings (SSSR count). The van der Waals surface area contributed by atoms with Gasteiger partial charge in [-0.15, -0.1) is 0 Å². The van der Waals surface area contributed by atoms with Crippen LogP contribution in [0.15, 0.2) is 0 Å². The van der Waals surface area contributed by atoms with Crippen molar-refractivity contribution >= 4 is 0 Å². The van der Waals surface area contributed by atoms with Crippen molar-refractivity contribution in [1.29, 1.82) is 0 Å². The van der Waals surface area contributed by atoms with Crippen LogP contribution in [0.3, 0.4) is 0 Å². The van der Waals surface area contributed by atoms with Crippen molar-refractivity contribution in [2.45, 2.75) is 32.7 Å². The molecule has 0 radical (unpaired) electrons. The minimum Gasteiger partial charge on any atom is -0.400 e. The van der Waals surface area contributed by atoms with Gasteiger partial charge in [-0.1, -0.05) is 13.8 Å². The average molecular weight is 188 g/mol. The molecule has 0 aromatic rings. The molecule has 1 aliphatic heterocycles. The Morgan fingerprint density at radius 2 is 1.62 bits per heavy atom.